The minimum absolute atomic E-state index is 0.118. The molecule has 9 heteroatoms. The molecule has 1 aliphatic heterocycles. The van der Waals surface area contributed by atoms with Gasteiger partial charge in [-0.15, -0.1) is 0 Å². The van der Waals surface area contributed by atoms with E-state index in [1.165, 1.54) is 6.07 Å². The summed E-state index contributed by atoms with van der Waals surface area (Å²) >= 11 is 1.13. The largest absolute Gasteiger partial charge is 0.478 e. The lowest BCUT2D eigenvalue weighted by atomic mass is 10.0. The molecule has 8 nitrogen and oxygen atoms in total. The Kier molecular flexibility index (Phi) is 6.40. The number of carbonyl (C=O) groups is 2. The lowest BCUT2D eigenvalue weighted by molar-refractivity contribution is -0.131. The molecule has 2 aromatic carbocycles. The Labute approximate surface area is 188 Å². The average Bonchev–Trinajstić information content (AvgIpc) is 3.35. The highest BCUT2D eigenvalue weighted by Crippen LogP contribution is 2.25. The Bertz CT molecular complexity index is 1200. The van der Waals surface area contributed by atoms with Gasteiger partial charge in [0.25, 0.3) is 0 Å². The maximum Gasteiger partial charge on any atom is 0.335 e. The third-order valence-corrected chi connectivity index (χ3v) is 6.76. The molecule has 1 aliphatic rings. The summed E-state index contributed by atoms with van der Waals surface area (Å²) in [4.78, 5) is 42.6. The fraction of sp³-hybridized carbons (Fsp3) is 0.348. The Hall–Kier alpha value is -3.01. The van der Waals surface area contributed by atoms with Gasteiger partial charge in [0.05, 0.1) is 34.3 Å². The van der Waals surface area contributed by atoms with Gasteiger partial charge in [-0.2, -0.15) is 0 Å². The average molecular weight is 456 g/mol. The van der Waals surface area contributed by atoms with Gasteiger partial charge in [-0.25, -0.2) is 4.79 Å². The van der Waals surface area contributed by atoms with Gasteiger partial charge in [-0.3, -0.25) is 14.5 Å². The molecule has 0 spiro atoms. The number of thiazole rings is 1. The van der Waals surface area contributed by atoms with E-state index in [4.69, 9.17) is 0 Å². The van der Waals surface area contributed by atoms with Crippen molar-refractivity contribution in [2.24, 2.45) is 0 Å². The zero-order chi connectivity index (χ0) is 22.8. The van der Waals surface area contributed by atoms with E-state index in [1.807, 2.05) is 24.3 Å². The number of rotatable bonds is 7. The third-order valence-electron chi connectivity index (χ3n) is 5.90. The molecule has 0 aliphatic carbocycles. The van der Waals surface area contributed by atoms with Crippen LogP contribution in [0.25, 0.3) is 10.2 Å². The zero-order valence-corrected chi connectivity index (χ0v) is 18.5. The van der Waals surface area contributed by atoms with E-state index in [-0.39, 0.29) is 34.9 Å². The Morgan fingerprint density at radius 2 is 2.09 bits per heavy atom. The summed E-state index contributed by atoms with van der Waals surface area (Å²) in [7, 11) is 1.72. The molecule has 0 saturated carbocycles. The van der Waals surface area contributed by atoms with Crippen molar-refractivity contribution in [3.8, 4) is 0 Å². The first-order valence-electron chi connectivity index (χ1n) is 10.4. The smallest absolute Gasteiger partial charge is 0.335 e. The van der Waals surface area contributed by atoms with Gasteiger partial charge >= 0.3 is 10.8 Å². The van der Waals surface area contributed by atoms with Crippen molar-refractivity contribution >= 4 is 33.4 Å². The zero-order valence-electron chi connectivity index (χ0n) is 17.7. The molecule has 1 amide bonds. The fourth-order valence-corrected chi connectivity index (χ4v) is 4.85. The number of aromatic nitrogens is 1. The second kappa shape index (κ2) is 9.23. The van der Waals surface area contributed by atoms with Crippen molar-refractivity contribution < 1.29 is 19.8 Å². The van der Waals surface area contributed by atoms with Crippen molar-refractivity contribution in [3.05, 3.63) is 68.8 Å². The lowest BCUT2D eigenvalue weighted by Crippen LogP contribution is -2.39. The second-order valence-corrected chi connectivity index (χ2v) is 9.19. The molecule has 4 rings (SSSR count). The minimum Gasteiger partial charge on any atom is -0.478 e. The molecule has 0 radical (unpaired) electrons. The van der Waals surface area contributed by atoms with Crippen LogP contribution in [0.2, 0.25) is 0 Å². The summed E-state index contributed by atoms with van der Waals surface area (Å²) in [6, 6.07) is 11.8. The summed E-state index contributed by atoms with van der Waals surface area (Å²) in [5, 5.41) is 19.3. The predicted octanol–water partition coefficient (Wildman–Crippen LogP) is 2.10. The fourth-order valence-electron chi connectivity index (χ4n) is 4.14. The van der Waals surface area contributed by atoms with Crippen LogP contribution in [0.3, 0.4) is 0 Å². The maximum atomic E-state index is 13.2. The van der Waals surface area contributed by atoms with Crippen LogP contribution >= 0.6 is 11.3 Å². The van der Waals surface area contributed by atoms with Crippen LogP contribution in [0.1, 0.15) is 33.9 Å². The number of hydrogen-bond donors (Lipinski definition) is 3. The lowest BCUT2D eigenvalue weighted by Gasteiger charge is -2.32. The highest BCUT2D eigenvalue weighted by Gasteiger charge is 2.28. The van der Waals surface area contributed by atoms with Crippen LogP contribution in [0, 0.1) is 0 Å². The first kappa shape index (κ1) is 22.2. The van der Waals surface area contributed by atoms with Crippen molar-refractivity contribution in [2.45, 2.75) is 25.0 Å². The van der Waals surface area contributed by atoms with E-state index in [9.17, 15) is 24.6 Å². The molecule has 3 N–H and O–H groups in total. The number of likely N-dealkylation sites (tertiary alicyclic amines) is 1. The number of amides is 1. The third kappa shape index (κ3) is 4.90. The van der Waals surface area contributed by atoms with Crippen molar-refractivity contribution in [1.29, 1.82) is 0 Å². The number of β-amino-alcohol motifs (C(OH)–C–C–N with tert-alkyl or cyclic N) is 1. The van der Waals surface area contributed by atoms with Crippen LogP contribution in [-0.2, 0) is 11.2 Å². The quantitative estimate of drug-likeness (QED) is 0.503. The summed E-state index contributed by atoms with van der Waals surface area (Å²) in [5.74, 6) is -1.14. The number of carboxylic acid groups (broad SMARTS) is 1. The van der Waals surface area contributed by atoms with Gasteiger partial charge in [0, 0.05) is 26.7 Å². The molecule has 1 aromatic heterocycles. The van der Waals surface area contributed by atoms with E-state index in [2.05, 4.69) is 9.88 Å². The van der Waals surface area contributed by atoms with E-state index >= 15 is 0 Å². The van der Waals surface area contributed by atoms with Crippen LogP contribution < -0.4 is 4.87 Å². The number of aromatic amines is 1. The van der Waals surface area contributed by atoms with Gasteiger partial charge in [-0.05, 0) is 41.8 Å². The number of nitrogens with zero attached hydrogens (tertiary/aromatic N) is 2. The van der Waals surface area contributed by atoms with Crippen LogP contribution in [0.15, 0.2) is 47.3 Å². The molecular formula is C23H25N3O5S. The van der Waals surface area contributed by atoms with Crippen molar-refractivity contribution in [3.63, 3.8) is 0 Å². The predicted molar refractivity (Wildman–Crippen MR) is 122 cm³/mol. The summed E-state index contributed by atoms with van der Waals surface area (Å²) in [6.07, 6.45) is 0.446. The number of nitrogens with one attached hydrogen (secondary N) is 1. The Morgan fingerprint density at radius 1 is 1.28 bits per heavy atom. The van der Waals surface area contributed by atoms with Gasteiger partial charge in [0.15, 0.2) is 0 Å². The van der Waals surface area contributed by atoms with Crippen LogP contribution in [-0.4, -0.2) is 69.7 Å². The number of aliphatic hydroxyl groups excluding tert-OH is 1. The van der Waals surface area contributed by atoms with Gasteiger partial charge in [-0.1, -0.05) is 29.5 Å². The summed E-state index contributed by atoms with van der Waals surface area (Å²) in [5.41, 5.74) is 2.41. The number of likely N-dealkylation sites (N-methyl/N-ethyl adjacent to an activating group) is 1. The van der Waals surface area contributed by atoms with Gasteiger partial charge < -0.3 is 20.1 Å². The standard InChI is InChI=1S/C23H25N3O5S/c1-25(21(28)10-14-5-6-20-18(9-14)24-23(31)32-20)19(13-26-8-7-17(27)12-26)15-3-2-4-16(11-15)22(29)30/h2-6,9,11,17,19,27H,7-8,10,12-13H2,1H3,(H,24,31)(H,29,30)/t17-,19+/m0/s1. The molecule has 3 aromatic rings. The molecular weight excluding hydrogens is 430 g/mol. The maximum absolute atomic E-state index is 13.2. The van der Waals surface area contributed by atoms with E-state index in [0.717, 1.165) is 33.7 Å². The number of carboxylic acids is 1. The molecule has 0 unspecified atom stereocenters. The van der Waals surface area contributed by atoms with Gasteiger partial charge in [0.2, 0.25) is 5.91 Å². The molecule has 168 valence electrons. The molecule has 32 heavy (non-hydrogen) atoms. The number of fused-ring (bicyclic) bond motifs is 1. The highest BCUT2D eigenvalue weighted by molar-refractivity contribution is 7.16. The van der Waals surface area contributed by atoms with Crippen LogP contribution in [0.4, 0.5) is 0 Å². The van der Waals surface area contributed by atoms with E-state index in [1.54, 1.807) is 24.1 Å². The second-order valence-electron chi connectivity index (χ2n) is 8.17. The summed E-state index contributed by atoms with van der Waals surface area (Å²) in [6.45, 7) is 1.75. The Morgan fingerprint density at radius 3 is 2.81 bits per heavy atom. The number of carbonyl (C=O) groups excluding carboxylic acids is 1. The SMILES string of the molecule is CN(C(=O)Cc1ccc2sc(=O)[nH]c2c1)[C@H](CN1CC[C@H](O)C1)c1cccc(C(=O)O)c1. The highest BCUT2D eigenvalue weighted by atomic mass is 32.1. The number of H-pyrrole nitrogens is 1. The molecule has 0 bridgehead atoms. The van der Waals surface area contributed by atoms with Crippen LogP contribution in [0.5, 0.6) is 0 Å². The normalized spacial score (nSPS) is 17.5. The minimum atomic E-state index is -1.02. The van der Waals surface area contributed by atoms with Gasteiger partial charge in [0.1, 0.15) is 0 Å². The number of aromatic carboxylic acids is 1. The van der Waals surface area contributed by atoms with E-state index < -0.39 is 5.97 Å². The first-order valence-corrected chi connectivity index (χ1v) is 11.2. The number of aliphatic hydroxyl groups is 1. The molecule has 1 saturated heterocycles. The van der Waals surface area contributed by atoms with Crippen molar-refractivity contribution in [1.82, 2.24) is 14.8 Å². The number of benzene rings is 2. The molecule has 2 atom stereocenters. The number of hydrogen-bond acceptors (Lipinski definition) is 6. The Balaban J connectivity index is 1.58. The summed E-state index contributed by atoms with van der Waals surface area (Å²) < 4.78 is 0.843. The van der Waals surface area contributed by atoms with E-state index in [0.29, 0.717) is 25.0 Å². The first-order chi connectivity index (χ1) is 15.3. The van der Waals surface area contributed by atoms with Crippen molar-refractivity contribution in [2.75, 3.05) is 26.7 Å². The molecule has 1 fully saturated rings. The molecule has 2 heterocycles. The topological polar surface area (TPSA) is 114 Å². The monoisotopic (exact) mass is 455 g/mol.